The number of hydrogen-bond acceptors (Lipinski definition) is 4. The van der Waals surface area contributed by atoms with Crippen LogP contribution in [-0.2, 0) is 16.0 Å². The Morgan fingerprint density at radius 1 is 1.26 bits per heavy atom. The lowest BCUT2D eigenvalue weighted by Crippen LogP contribution is -2.32. The molecule has 0 unspecified atom stereocenters. The van der Waals surface area contributed by atoms with Gasteiger partial charge in [0, 0.05) is 16.7 Å². The molecule has 0 N–H and O–H groups in total. The van der Waals surface area contributed by atoms with Crippen LogP contribution in [0.5, 0.6) is 0 Å². The van der Waals surface area contributed by atoms with E-state index in [0.717, 1.165) is 16.6 Å². The molecular weight excluding hydrogens is 356 g/mol. The molecule has 0 aliphatic carbocycles. The highest BCUT2D eigenvalue weighted by atomic mass is 79.9. The van der Waals surface area contributed by atoms with Gasteiger partial charge in [-0.3, -0.25) is 4.79 Å². The largest absolute Gasteiger partial charge is 0.468 e. The van der Waals surface area contributed by atoms with Crippen LogP contribution in [0.4, 0.5) is 5.69 Å². The summed E-state index contributed by atoms with van der Waals surface area (Å²) in [6.07, 6.45) is 0.773. The molecule has 0 aliphatic rings. The summed E-state index contributed by atoms with van der Waals surface area (Å²) in [5, 5.41) is 9.05. The Morgan fingerprint density at radius 3 is 2.74 bits per heavy atom. The second-order valence-corrected chi connectivity index (χ2v) is 5.86. The number of esters is 1. The van der Waals surface area contributed by atoms with Crippen molar-refractivity contribution in [3.8, 4) is 6.07 Å². The molecule has 5 heteroatoms. The Hall–Kier alpha value is -2.32. The van der Waals surface area contributed by atoms with Crippen molar-refractivity contribution in [1.82, 2.24) is 0 Å². The monoisotopic (exact) mass is 372 g/mol. The number of methoxy groups -OCH3 is 1. The van der Waals surface area contributed by atoms with Gasteiger partial charge < -0.3 is 9.64 Å². The maximum atomic E-state index is 11.7. The van der Waals surface area contributed by atoms with E-state index in [1.165, 1.54) is 12.7 Å². The van der Waals surface area contributed by atoms with E-state index in [2.05, 4.69) is 22.0 Å². The van der Waals surface area contributed by atoms with Crippen molar-refractivity contribution in [1.29, 1.82) is 5.26 Å². The van der Waals surface area contributed by atoms with E-state index in [-0.39, 0.29) is 12.5 Å². The Bertz CT molecular complexity index is 725. The molecule has 0 radical (unpaired) electrons. The number of halogens is 1. The summed E-state index contributed by atoms with van der Waals surface area (Å²) < 4.78 is 5.82. The van der Waals surface area contributed by atoms with Gasteiger partial charge >= 0.3 is 5.97 Å². The van der Waals surface area contributed by atoms with E-state index < -0.39 is 0 Å². The average molecular weight is 373 g/mol. The minimum atomic E-state index is -0.306. The molecule has 0 aliphatic heterocycles. The number of benzene rings is 2. The number of rotatable bonds is 6. The third-order valence-electron chi connectivity index (χ3n) is 3.50. The SMILES string of the molecule is COC(=O)CN(CCc1ccccc1Br)c1cccc(C#N)c1. The van der Waals surface area contributed by atoms with Gasteiger partial charge in [0.15, 0.2) is 0 Å². The lowest BCUT2D eigenvalue weighted by molar-refractivity contribution is -0.138. The fourth-order valence-electron chi connectivity index (χ4n) is 2.25. The van der Waals surface area contributed by atoms with Crippen molar-refractivity contribution < 1.29 is 9.53 Å². The summed E-state index contributed by atoms with van der Waals surface area (Å²) in [6, 6.07) is 17.4. The van der Waals surface area contributed by atoms with Gasteiger partial charge in [0.25, 0.3) is 0 Å². The van der Waals surface area contributed by atoms with Crippen LogP contribution in [-0.4, -0.2) is 26.2 Å². The summed E-state index contributed by atoms with van der Waals surface area (Å²) in [4.78, 5) is 13.6. The number of nitriles is 1. The van der Waals surface area contributed by atoms with Gasteiger partial charge in [-0.15, -0.1) is 0 Å². The zero-order valence-corrected chi connectivity index (χ0v) is 14.4. The van der Waals surface area contributed by atoms with Crippen molar-refractivity contribution in [3.05, 3.63) is 64.1 Å². The van der Waals surface area contributed by atoms with Crippen molar-refractivity contribution in [2.24, 2.45) is 0 Å². The number of carbonyl (C=O) groups excluding carboxylic acids is 1. The third kappa shape index (κ3) is 4.83. The number of ether oxygens (including phenoxy) is 1. The molecule has 0 bridgehead atoms. The minimum absolute atomic E-state index is 0.149. The second kappa shape index (κ2) is 8.35. The molecule has 2 rings (SSSR count). The van der Waals surface area contributed by atoms with Gasteiger partial charge in [0.1, 0.15) is 6.54 Å². The first kappa shape index (κ1) is 17.0. The Kier molecular flexibility index (Phi) is 6.19. The molecule has 0 amide bonds. The van der Waals surface area contributed by atoms with E-state index in [9.17, 15) is 4.79 Å². The number of nitrogens with zero attached hydrogens (tertiary/aromatic N) is 2. The van der Waals surface area contributed by atoms with E-state index in [1.807, 2.05) is 41.3 Å². The first-order valence-electron chi connectivity index (χ1n) is 7.19. The van der Waals surface area contributed by atoms with Crippen LogP contribution >= 0.6 is 15.9 Å². The van der Waals surface area contributed by atoms with Crippen LogP contribution in [0.2, 0.25) is 0 Å². The van der Waals surface area contributed by atoms with Crippen molar-refractivity contribution in [2.75, 3.05) is 25.1 Å². The first-order chi connectivity index (χ1) is 11.1. The van der Waals surface area contributed by atoms with Gasteiger partial charge in [-0.1, -0.05) is 40.2 Å². The summed E-state index contributed by atoms with van der Waals surface area (Å²) in [6.45, 7) is 0.794. The van der Waals surface area contributed by atoms with Gasteiger partial charge in [0.05, 0.1) is 18.7 Å². The van der Waals surface area contributed by atoms with Crippen LogP contribution < -0.4 is 4.90 Å². The van der Waals surface area contributed by atoms with Crippen LogP contribution in [0, 0.1) is 11.3 Å². The molecule has 0 fully saturated rings. The molecule has 0 heterocycles. The average Bonchev–Trinajstić information content (AvgIpc) is 2.59. The molecule has 23 heavy (non-hydrogen) atoms. The van der Waals surface area contributed by atoms with E-state index in [0.29, 0.717) is 12.1 Å². The quantitative estimate of drug-likeness (QED) is 0.727. The minimum Gasteiger partial charge on any atom is -0.468 e. The third-order valence-corrected chi connectivity index (χ3v) is 4.27. The standard InChI is InChI=1S/C18H17BrN2O2/c1-23-18(22)13-21(16-7-4-5-14(11-16)12-20)10-9-15-6-2-3-8-17(15)19/h2-8,11H,9-10,13H2,1H3. The Balaban J connectivity index is 2.18. The molecular formula is C18H17BrN2O2. The molecule has 118 valence electrons. The number of carbonyl (C=O) groups is 1. The van der Waals surface area contributed by atoms with Crippen LogP contribution in [0.25, 0.3) is 0 Å². The molecule has 2 aromatic carbocycles. The molecule has 0 saturated carbocycles. The van der Waals surface area contributed by atoms with Gasteiger partial charge in [-0.25, -0.2) is 0 Å². The highest BCUT2D eigenvalue weighted by Crippen LogP contribution is 2.20. The zero-order valence-electron chi connectivity index (χ0n) is 12.8. The number of hydrogen-bond donors (Lipinski definition) is 0. The van der Waals surface area contributed by atoms with E-state index in [4.69, 9.17) is 10.00 Å². The van der Waals surface area contributed by atoms with Crippen molar-refractivity contribution in [3.63, 3.8) is 0 Å². The lowest BCUT2D eigenvalue weighted by atomic mass is 10.1. The second-order valence-electron chi connectivity index (χ2n) is 5.00. The molecule has 0 atom stereocenters. The molecule has 0 saturated heterocycles. The summed E-state index contributed by atoms with van der Waals surface area (Å²) in [5.74, 6) is -0.306. The predicted octanol–water partition coefficient (Wildman–Crippen LogP) is 3.54. The molecule has 0 aromatic heterocycles. The smallest absolute Gasteiger partial charge is 0.325 e. The van der Waals surface area contributed by atoms with Gasteiger partial charge in [0.2, 0.25) is 0 Å². The fourth-order valence-corrected chi connectivity index (χ4v) is 2.73. The first-order valence-corrected chi connectivity index (χ1v) is 7.98. The highest BCUT2D eigenvalue weighted by Gasteiger charge is 2.13. The molecule has 4 nitrogen and oxygen atoms in total. The van der Waals surface area contributed by atoms with Crippen molar-refractivity contribution in [2.45, 2.75) is 6.42 Å². The van der Waals surface area contributed by atoms with Gasteiger partial charge in [-0.05, 0) is 36.2 Å². The number of anilines is 1. The Labute approximate surface area is 144 Å². The van der Waals surface area contributed by atoms with Gasteiger partial charge in [-0.2, -0.15) is 5.26 Å². The Morgan fingerprint density at radius 2 is 2.04 bits per heavy atom. The normalized spacial score (nSPS) is 9.96. The summed E-state index contributed by atoms with van der Waals surface area (Å²) in [7, 11) is 1.37. The maximum Gasteiger partial charge on any atom is 0.325 e. The fraction of sp³-hybridized carbons (Fsp3) is 0.222. The van der Waals surface area contributed by atoms with E-state index in [1.54, 1.807) is 12.1 Å². The highest BCUT2D eigenvalue weighted by molar-refractivity contribution is 9.10. The van der Waals surface area contributed by atoms with Crippen molar-refractivity contribution >= 4 is 27.6 Å². The predicted molar refractivity (Wildman–Crippen MR) is 93.2 cm³/mol. The summed E-state index contributed by atoms with van der Waals surface area (Å²) >= 11 is 3.54. The van der Waals surface area contributed by atoms with Crippen LogP contribution in [0.3, 0.4) is 0 Å². The summed E-state index contributed by atoms with van der Waals surface area (Å²) in [5.41, 5.74) is 2.57. The van der Waals surface area contributed by atoms with E-state index >= 15 is 0 Å². The van der Waals surface area contributed by atoms with Crippen LogP contribution in [0.15, 0.2) is 53.0 Å². The lowest BCUT2D eigenvalue weighted by Gasteiger charge is -2.24. The van der Waals surface area contributed by atoms with Crippen LogP contribution in [0.1, 0.15) is 11.1 Å². The zero-order chi connectivity index (χ0) is 16.7. The molecule has 2 aromatic rings. The maximum absolute atomic E-state index is 11.7. The topological polar surface area (TPSA) is 53.3 Å². The molecule has 0 spiro atoms.